The molecule has 0 amide bonds. The average molecular weight is 301 g/mol. The highest BCUT2D eigenvalue weighted by Gasteiger charge is 2.19. The number of nitrogens with two attached hydrogens (primary N) is 1. The molecule has 1 saturated heterocycles. The van der Waals surface area contributed by atoms with E-state index in [0.29, 0.717) is 6.10 Å². The van der Waals surface area contributed by atoms with Crippen LogP contribution in [0, 0.1) is 0 Å². The van der Waals surface area contributed by atoms with Gasteiger partial charge in [-0.3, -0.25) is 0 Å². The highest BCUT2D eigenvalue weighted by Crippen LogP contribution is 2.20. The van der Waals surface area contributed by atoms with Gasteiger partial charge in [-0.1, -0.05) is 13.8 Å². The summed E-state index contributed by atoms with van der Waals surface area (Å²) in [7, 11) is -3.74. The second-order valence-corrected chi connectivity index (χ2v) is 7.12. The van der Waals surface area contributed by atoms with Crippen molar-refractivity contribution in [2.45, 2.75) is 63.1 Å². The Morgan fingerprint density at radius 3 is 2.85 bits per heavy atom. The first-order chi connectivity index (χ1) is 9.38. The Morgan fingerprint density at radius 2 is 2.30 bits per heavy atom. The molecule has 1 aliphatic rings. The Hall–Kier alpha value is -0.920. The zero-order valence-corrected chi connectivity index (χ0v) is 12.9. The molecule has 0 aromatic carbocycles. The van der Waals surface area contributed by atoms with Gasteiger partial charge in [0, 0.05) is 25.3 Å². The van der Waals surface area contributed by atoms with E-state index in [9.17, 15) is 8.42 Å². The normalized spacial score (nSPS) is 19.9. The third kappa shape index (κ3) is 3.80. The van der Waals surface area contributed by atoms with Crippen LogP contribution in [0.4, 0.5) is 0 Å². The summed E-state index contributed by atoms with van der Waals surface area (Å²) in [5.41, 5.74) is 0. The first-order valence-corrected chi connectivity index (χ1v) is 8.64. The van der Waals surface area contributed by atoms with Crippen LogP contribution in [0.2, 0.25) is 0 Å². The minimum atomic E-state index is -3.74. The Kier molecular flexibility index (Phi) is 4.82. The van der Waals surface area contributed by atoms with E-state index in [1.165, 1.54) is 0 Å². The second kappa shape index (κ2) is 6.24. The SMILES string of the molecule is CC(C)c1nc(S(N)(=O)=O)cn1CCCC1CCCO1. The van der Waals surface area contributed by atoms with Crippen molar-refractivity contribution in [3.05, 3.63) is 12.0 Å². The summed E-state index contributed by atoms with van der Waals surface area (Å²) in [5, 5.41) is 5.10. The zero-order chi connectivity index (χ0) is 14.8. The van der Waals surface area contributed by atoms with Gasteiger partial charge < -0.3 is 9.30 Å². The van der Waals surface area contributed by atoms with Crippen LogP contribution in [0.3, 0.4) is 0 Å². The predicted molar refractivity (Wildman–Crippen MR) is 75.9 cm³/mol. The van der Waals surface area contributed by atoms with Crippen molar-refractivity contribution in [2.75, 3.05) is 6.61 Å². The Morgan fingerprint density at radius 1 is 1.55 bits per heavy atom. The topological polar surface area (TPSA) is 87.2 Å². The molecular formula is C13H23N3O3S. The summed E-state index contributed by atoms with van der Waals surface area (Å²) in [6, 6.07) is 0. The van der Waals surface area contributed by atoms with Crippen molar-refractivity contribution in [1.29, 1.82) is 0 Å². The molecule has 1 aromatic heterocycles. The highest BCUT2D eigenvalue weighted by atomic mass is 32.2. The molecular weight excluding hydrogens is 278 g/mol. The molecule has 2 N–H and O–H groups in total. The molecule has 1 aromatic rings. The summed E-state index contributed by atoms with van der Waals surface area (Å²) in [5.74, 6) is 0.926. The van der Waals surface area contributed by atoms with Crippen molar-refractivity contribution >= 4 is 10.0 Å². The lowest BCUT2D eigenvalue weighted by Crippen LogP contribution is -2.12. The van der Waals surface area contributed by atoms with Crippen molar-refractivity contribution < 1.29 is 13.2 Å². The quantitative estimate of drug-likeness (QED) is 0.864. The first-order valence-electron chi connectivity index (χ1n) is 7.09. The van der Waals surface area contributed by atoms with Crippen molar-refractivity contribution in [3.63, 3.8) is 0 Å². The van der Waals surface area contributed by atoms with Gasteiger partial charge in [0.25, 0.3) is 10.0 Å². The number of hydrogen-bond acceptors (Lipinski definition) is 4. The first kappa shape index (κ1) is 15.5. The van der Waals surface area contributed by atoms with E-state index in [2.05, 4.69) is 4.98 Å². The van der Waals surface area contributed by atoms with E-state index in [0.717, 1.165) is 44.7 Å². The standard InChI is InChI=1S/C13H23N3O3S/c1-10(2)13-15-12(20(14,17)18)9-16(13)7-3-5-11-6-4-8-19-11/h9-11H,3-8H2,1-2H3,(H2,14,17,18). The van der Waals surface area contributed by atoms with Crippen LogP contribution in [0.1, 0.15) is 51.3 Å². The van der Waals surface area contributed by atoms with Gasteiger partial charge >= 0.3 is 0 Å². The molecule has 0 spiro atoms. The largest absolute Gasteiger partial charge is 0.378 e. The van der Waals surface area contributed by atoms with Crippen LogP contribution >= 0.6 is 0 Å². The zero-order valence-electron chi connectivity index (χ0n) is 12.1. The number of primary sulfonamides is 1. The van der Waals surface area contributed by atoms with Crippen LogP contribution in [-0.2, 0) is 21.3 Å². The minimum Gasteiger partial charge on any atom is -0.378 e. The van der Waals surface area contributed by atoms with Crippen LogP contribution < -0.4 is 5.14 Å². The molecule has 20 heavy (non-hydrogen) atoms. The molecule has 0 radical (unpaired) electrons. The lowest BCUT2D eigenvalue weighted by Gasteiger charge is -2.12. The Labute approximate surface area is 120 Å². The van der Waals surface area contributed by atoms with E-state index in [-0.39, 0.29) is 10.9 Å². The summed E-state index contributed by atoms with van der Waals surface area (Å²) in [6.07, 6.45) is 6.12. The number of nitrogens with zero attached hydrogens (tertiary/aromatic N) is 2. The molecule has 2 rings (SSSR count). The third-order valence-corrected chi connectivity index (χ3v) is 4.32. The smallest absolute Gasteiger partial charge is 0.257 e. The minimum absolute atomic E-state index is 0.0432. The number of rotatable bonds is 6. The molecule has 1 unspecified atom stereocenters. The maximum absolute atomic E-state index is 11.4. The van der Waals surface area contributed by atoms with Gasteiger partial charge in [-0.05, 0) is 25.7 Å². The number of sulfonamides is 1. The van der Waals surface area contributed by atoms with Crippen LogP contribution in [0.25, 0.3) is 0 Å². The molecule has 1 aliphatic heterocycles. The van der Waals surface area contributed by atoms with Crippen molar-refractivity contribution in [1.82, 2.24) is 9.55 Å². The summed E-state index contributed by atoms with van der Waals surface area (Å²) >= 11 is 0. The van der Waals surface area contributed by atoms with E-state index in [1.807, 2.05) is 18.4 Å². The number of ether oxygens (including phenoxy) is 1. The molecule has 2 heterocycles. The van der Waals surface area contributed by atoms with E-state index >= 15 is 0 Å². The van der Waals surface area contributed by atoms with Gasteiger partial charge in [-0.2, -0.15) is 0 Å². The number of hydrogen-bond donors (Lipinski definition) is 1. The monoisotopic (exact) mass is 301 g/mol. The van der Waals surface area contributed by atoms with E-state index in [1.54, 1.807) is 6.20 Å². The van der Waals surface area contributed by atoms with E-state index in [4.69, 9.17) is 9.88 Å². The van der Waals surface area contributed by atoms with Gasteiger partial charge in [-0.15, -0.1) is 0 Å². The maximum atomic E-state index is 11.4. The van der Waals surface area contributed by atoms with Gasteiger partial charge in [-0.25, -0.2) is 18.5 Å². The van der Waals surface area contributed by atoms with Gasteiger partial charge in [0.05, 0.1) is 6.10 Å². The third-order valence-electron chi connectivity index (χ3n) is 3.54. The van der Waals surface area contributed by atoms with Crippen LogP contribution in [0.5, 0.6) is 0 Å². The average Bonchev–Trinajstić information content (AvgIpc) is 2.96. The summed E-state index contributed by atoms with van der Waals surface area (Å²) in [4.78, 5) is 4.15. The molecule has 1 atom stereocenters. The van der Waals surface area contributed by atoms with Crippen LogP contribution in [0.15, 0.2) is 11.2 Å². The summed E-state index contributed by atoms with van der Waals surface area (Å²) < 4.78 is 30.3. The molecule has 7 heteroatoms. The van der Waals surface area contributed by atoms with Crippen molar-refractivity contribution in [2.24, 2.45) is 5.14 Å². The number of aryl methyl sites for hydroxylation is 1. The van der Waals surface area contributed by atoms with Gasteiger partial charge in [0.1, 0.15) is 5.82 Å². The molecule has 0 saturated carbocycles. The summed E-state index contributed by atoms with van der Waals surface area (Å²) in [6.45, 7) is 5.59. The molecule has 0 aliphatic carbocycles. The fraction of sp³-hybridized carbons (Fsp3) is 0.769. The number of imidazole rings is 1. The Balaban J connectivity index is 2.03. The Bertz CT molecular complexity index is 545. The lowest BCUT2D eigenvalue weighted by atomic mass is 10.1. The van der Waals surface area contributed by atoms with Gasteiger partial charge in [0.15, 0.2) is 5.03 Å². The fourth-order valence-corrected chi connectivity index (χ4v) is 3.04. The second-order valence-electron chi connectivity index (χ2n) is 5.61. The molecule has 0 bridgehead atoms. The fourth-order valence-electron chi connectivity index (χ4n) is 2.54. The molecule has 1 fully saturated rings. The molecule has 6 nitrogen and oxygen atoms in total. The number of aromatic nitrogens is 2. The predicted octanol–water partition coefficient (Wildman–Crippen LogP) is 1.61. The molecule has 114 valence electrons. The van der Waals surface area contributed by atoms with Crippen molar-refractivity contribution in [3.8, 4) is 0 Å². The van der Waals surface area contributed by atoms with Gasteiger partial charge in [0.2, 0.25) is 0 Å². The lowest BCUT2D eigenvalue weighted by molar-refractivity contribution is 0.101. The van der Waals surface area contributed by atoms with Crippen LogP contribution in [-0.4, -0.2) is 30.7 Å². The maximum Gasteiger partial charge on any atom is 0.257 e. The van der Waals surface area contributed by atoms with E-state index < -0.39 is 10.0 Å². The highest BCUT2D eigenvalue weighted by molar-refractivity contribution is 7.89.